The predicted octanol–water partition coefficient (Wildman–Crippen LogP) is 1.95. The van der Waals surface area contributed by atoms with Gasteiger partial charge in [-0.15, -0.1) is 0 Å². The smallest absolute Gasteiger partial charge is 0.117 e. The molecule has 4 heteroatoms. The van der Waals surface area contributed by atoms with Crippen molar-refractivity contribution in [1.82, 2.24) is 9.78 Å². The van der Waals surface area contributed by atoms with Gasteiger partial charge in [0.25, 0.3) is 0 Å². The monoisotopic (exact) mass is 238 g/mol. The Hall–Kier alpha value is 0.170. The minimum absolute atomic E-state index is 0.970. The third-order valence-corrected chi connectivity index (χ3v) is 2.88. The van der Waals surface area contributed by atoms with E-state index in [2.05, 4.69) is 37.0 Å². The van der Waals surface area contributed by atoms with E-state index in [1.54, 1.807) is 10.9 Å². The fourth-order valence-electron chi connectivity index (χ4n) is 0.396. The maximum Gasteiger partial charge on any atom is 0.117 e. The fraction of sp³-hybridized carbons (Fsp3) is 0.250. The normalized spacial score (nSPS) is 9.88. The molecule has 1 heterocycles. The van der Waals surface area contributed by atoms with Crippen molar-refractivity contribution >= 4 is 31.9 Å². The number of aryl methyl sites for hydroxylation is 1. The van der Waals surface area contributed by atoms with Crippen LogP contribution in [0.1, 0.15) is 0 Å². The number of nitrogens with zero attached hydrogens (tertiary/aromatic N) is 2. The van der Waals surface area contributed by atoms with Gasteiger partial charge in [-0.25, -0.2) is 0 Å². The van der Waals surface area contributed by atoms with Crippen LogP contribution < -0.4 is 0 Å². The molecule has 0 unspecified atom stereocenters. The zero-order valence-electron chi connectivity index (χ0n) is 4.23. The molecule has 0 atom stereocenters. The lowest BCUT2D eigenvalue weighted by Crippen LogP contribution is -1.87. The van der Waals surface area contributed by atoms with Gasteiger partial charge in [0.1, 0.15) is 4.60 Å². The van der Waals surface area contributed by atoms with E-state index in [1.807, 2.05) is 7.05 Å². The molecule has 0 aromatic carbocycles. The highest BCUT2D eigenvalue weighted by atomic mass is 79.9. The Morgan fingerprint density at radius 2 is 2.25 bits per heavy atom. The van der Waals surface area contributed by atoms with Crippen LogP contribution >= 0.6 is 31.9 Å². The highest BCUT2D eigenvalue weighted by Gasteiger charge is 1.98. The Kier molecular flexibility index (Phi) is 1.72. The Bertz CT molecular complexity index is 174. The van der Waals surface area contributed by atoms with Crippen molar-refractivity contribution in [2.24, 2.45) is 7.05 Å². The van der Waals surface area contributed by atoms with Crippen molar-refractivity contribution in [3.8, 4) is 0 Å². The lowest BCUT2D eigenvalue weighted by Gasteiger charge is -1.87. The number of aromatic nitrogens is 2. The second-order valence-corrected chi connectivity index (χ2v) is 3.01. The molecule has 2 nitrogen and oxygen atoms in total. The van der Waals surface area contributed by atoms with Crippen LogP contribution in [-0.2, 0) is 7.05 Å². The molecule has 0 saturated heterocycles. The lowest BCUT2D eigenvalue weighted by atomic mass is 10.7. The van der Waals surface area contributed by atoms with Gasteiger partial charge in [0.2, 0.25) is 0 Å². The molecule has 1 aromatic rings. The summed E-state index contributed by atoms with van der Waals surface area (Å²) >= 11 is 6.59. The van der Waals surface area contributed by atoms with Crippen LogP contribution in [0.2, 0.25) is 0 Å². The highest BCUT2D eigenvalue weighted by Crippen LogP contribution is 2.20. The molecule has 0 fully saturated rings. The van der Waals surface area contributed by atoms with Crippen LogP contribution in [0.25, 0.3) is 0 Å². The van der Waals surface area contributed by atoms with Crippen LogP contribution in [0, 0.1) is 0 Å². The van der Waals surface area contributed by atoms with Crippen LogP contribution in [-0.4, -0.2) is 9.78 Å². The van der Waals surface area contributed by atoms with Crippen molar-refractivity contribution in [3.05, 3.63) is 15.3 Å². The van der Waals surface area contributed by atoms with Crippen LogP contribution in [0.15, 0.2) is 15.3 Å². The van der Waals surface area contributed by atoms with Gasteiger partial charge in [0.15, 0.2) is 0 Å². The van der Waals surface area contributed by atoms with Crippen molar-refractivity contribution in [1.29, 1.82) is 0 Å². The minimum Gasteiger partial charge on any atom is -0.260 e. The average Bonchev–Trinajstić information content (AvgIpc) is 1.98. The lowest BCUT2D eigenvalue weighted by molar-refractivity contribution is 0.749. The quantitative estimate of drug-likeness (QED) is 0.677. The molecule has 0 aliphatic rings. The standard InChI is InChI=1S/C4H4Br2N2/c1-8-4(6)3(5)2-7-8/h2H,1H3. The predicted molar refractivity (Wildman–Crippen MR) is 38.6 cm³/mol. The summed E-state index contributed by atoms with van der Waals surface area (Å²) in [6.45, 7) is 0. The van der Waals surface area contributed by atoms with Gasteiger partial charge >= 0.3 is 0 Å². The summed E-state index contributed by atoms with van der Waals surface area (Å²) in [6, 6.07) is 0. The Balaban J connectivity index is 3.19. The maximum atomic E-state index is 3.94. The first-order chi connectivity index (χ1) is 3.72. The van der Waals surface area contributed by atoms with Gasteiger partial charge in [-0.1, -0.05) is 0 Å². The van der Waals surface area contributed by atoms with Crippen LogP contribution in [0.5, 0.6) is 0 Å². The molecule has 44 valence electrons. The molecule has 0 N–H and O–H groups in total. The summed E-state index contributed by atoms with van der Waals surface area (Å²) in [5.41, 5.74) is 0. The summed E-state index contributed by atoms with van der Waals surface area (Å²) in [5.74, 6) is 0. The summed E-state index contributed by atoms with van der Waals surface area (Å²) in [6.07, 6.45) is 1.74. The molecule has 8 heavy (non-hydrogen) atoms. The van der Waals surface area contributed by atoms with E-state index in [4.69, 9.17) is 0 Å². The maximum absolute atomic E-state index is 3.94. The highest BCUT2D eigenvalue weighted by molar-refractivity contribution is 9.13. The molecule has 0 radical (unpaired) electrons. The zero-order valence-corrected chi connectivity index (χ0v) is 7.40. The van der Waals surface area contributed by atoms with Crippen molar-refractivity contribution in [2.45, 2.75) is 0 Å². The SMILES string of the molecule is Cn1ncc(Br)c1Br. The number of rotatable bonds is 0. The van der Waals surface area contributed by atoms with E-state index in [0.29, 0.717) is 0 Å². The zero-order chi connectivity index (χ0) is 6.15. The van der Waals surface area contributed by atoms with Crippen LogP contribution in [0.4, 0.5) is 0 Å². The van der Waals surface area contributed by atoms with E-state index in [0.717, 1.165) is 9.08 Å². The summed E-state index contributed by atoms with van der Waals surface area (Å²) in [5, 5.41) is 3.94. The molecule has 0 bridgehead atoms. The Morgan fingerprint density at radius 3 is 2.38 bits per heavy atom. The third kappa shape index (κ3) is 0.951. The molecule has 0 spiro atoms. The molecule has 0 amide bonds. The number of halogens is 2. The number of hydrogen-bond donors (Lipinski definition) is 0. The summed E-state index contributed by atoms with van der Waals surface area (Å²) < 4.78 is 3.70. The largest absolute Gasteiger partial charge is 0.260 e. The van der Waals surface area contributed by atoms with Gasteiger partial charge in [-0.3, -0.25) is 4.68 Å². The topological polar surface area (TPSA) is 17.8 Å². The van der Waals surface area contributed by atoms with Gasteiger partial charge in [0, 0.05) is 7.05 Å². The third-order valence-electron chi connectivity index (χ3n) is 0.825. The number of hydrogen-bond acceptors (Lipinski definition) is 1. The van der Waals surface area contributed by atoms with E-state index in [9.17, 15) is 0 Å². The van der Waals surface area contributed by atoms with E-state index in [1.165, 1.54) is 0 Å². The second-order valence-electron chi connectivity index (χ2n) is 1.41. The van der Waals surface area contributed by atoms with Crippen LogP contribution in [0.3, 0.4) is 0 Å². The molecule has 0 aliphatic heterocycles. The van der Waals surface area contributed by atoms with E-state index in [-0.39, 0.29) is 0 Å². The molecule has 0 aliphatic carbocycles. The van der Waals surface area contributed by atoms with Gasteiger partial charge in [-0.05, 0) is 31.9 Å². The second kappa shape index (κ2) is 2.19. The van der Waals surface area contributed by atoms with Gasteiger partial charge < -0.3 is 0 Å². The van der Waals surface area contributed by atoms with E-state index < -0.39 is 0 Å². The molecule has 0 saturated carbocycles. The summed E-state index contributed by atoms with van der Waals surface area (Å²) in [7, 11) is 1.87. The minimum atomic E-state index is 0.970. The van der Waals surface area contributed by atoms with Crippen molar-refractivity contribution in [3.63, 3.8) is 0 Å². The van der Waals surface area contributed by atoms with E-state index >= 15 is 0 Å². The molecule has 1 rings (SSSR count). The fourth-order valence-corrected chi connectivity index (χ4v) is 0.938. The first-order valence-corrected chi connectivity index (χ1v) is 3.63. The van der Waals surface area contributed by atoms with Crippen molar-refractivity contribution in [2.75, 3.05) is 0 Å². The summed E-state index contributed by atoms with van der Waals surface area (Å²) in [4.78, 5) is 0. The average molecular weight is 240 g/mol. The van der Waals surface area contributed by atoms with Crippen molar-refractivity contribution < 1.29 is 0 Å². The Labute approximate surface area is 64.1 Å². The molecular weight excluding hydrogens is 236 g/mol. The van der Waals surface area contributed by atoms with Gasteiger partial charge in [0.05, 0.1) is 10.7 Å². The first-order valence-electron chi connectivity index (χ1n) is 2.05. The Morgan fingerprint density at radius 1 is 1.62 bits per heavy atom. The molecule has 1 aromatic heterocycles. The first kappa shape index (κ1) is 6.29. The van der Waals surface area contributed by atoms with Gasteiger partial charge in [-0.2, -0.15) is 5.10 Å². The molecular formula is C4H4Br2N2.